The molecular weight excluding hydrogens is 515 g/mol. The van der Waals surface area contributed by atoms with Crippen molar-refractivity contribution in [2.45, 2.75) is 79.7 Å². The second-order valence-electron chi connectivity index (χ2n) is 11.4. The normalized spacial score (nSPS) is 38.6. The topological polar surface area (TPSA) is 66.1 Å². The molecule has 0 aromatic carbocycles. The van der Waals surface area contributed by atoms with Crippen molar-refractivity contribution in [2.75, 3.05) is 34.5 Å². The average molecular weight is 567 g/mol. The molecule has 0 aromatic rings. The number of methoxy groups -OCH3 is 2. The minimum Gasteiger partial charge on any atom is -0.399 e. The Balaban J connectivity index is 0.000000303. The van der Waals surface area contributed by atoms with E-state index < -0.39 is 0 Å². The Hall–Kier alpha value is 0.0800. The van der Waals surface area contributed by atoms with Gasteiger partial charge in [0.05, 0.1) is 5.71 Å². The predicted molar refractivity (Wildman–Crippen MR) is 145 cm³/mol. The number of ether oxygens (including phenoxy) is 2. The van der Waals surface area contributed by atoms with Crippen LogP contribution in [-0.4, -0.2) is 46.3 Å². The number of hydrogen-bond acceptors (Lipinski definition) is 5. The van der Waals surface area contributed by atoms with Crippen LogP contribution in [0, 0.1) is 46.3 Å². The lowest BCUT2D eigenvalue weighted by Crippen LogP contribution is -2.61. The minimum atomic E-state index is 0. The first kappa shape index (κ1) is 30.1. The molecule has 6 rings (SSSR count). The Morgan fingerprint density at radius 3 is 1.97 bits per heavy atom. The van der Waals surface area contributed by atoms with Gasteiger partial charge in [-0.05, 0) is 73.0 Å². The Kier molecular flexibility index (Phi) is 11.4. The fourth-order valence-electron chi connectivity index (χ4n) is 6.98. The molecule has 6 aliphatic rings. The molecule has 5 nitrogen and oxygen atoms in total. The molecular formula is C26H51IN2O3. The molecule has 6 aliphatic carbocycles. The van der Waals surface area contributed by atoms with Crippen molar-refractivity contribution in [3.63, 3.8) is 0 Å². The molecule has 0 unspecified atom stereocenters. The van der Waals surface area contributed by atoms with Crippen molar-refractivity contribution in [2.24, 2.45) is 57.2 Å². The smallest absolute Gasteiger partial charge is 0.106 e. The van der Waals surface area contributed by atoms with Gasteiger partial charge in [-0.25, -0.2) is 0 Å². The highest BCUT2D eigenvalue weighted by molar-refractivity contribution is 14.0. The summed E-state index contributed by atoms with van der Waals surface area (Å²) < 4.78 is 10.3. The number of halogens is 1. The van der Waals surface area contributed by atoms with Crippen LogP contribution < -0.4 is 5.73 Å². The summed E-state index contributed by atoms with van der Waals surface area (Å²) >= 11 is 0. The Morgan fingerprint density at radius 1 is 0.875 bits per heavy atom. The molecule has 0 heterocycles. The fourth-order valence-corrected chi connectivity index (χ4v) is 6.98. The maximum absolute atomic E-state index is 6.32. The van der Waals surface area contributed by atoms with E-state index in [2.05, 4.69) is 32.9 Å². The van der Waals surface area contributed by atoms with Gasteiger partial charge in [0, 0.05) is 45.3 Å². The molecule has 0 spiro atoms. The van der Waals surface area contributed by atoms with Crippen LogP contribution in [0.2, 0.25) is 0 Å². The molecule has 2 N–H and O–H groups in total. The molecule has 190 valence electrons. The van der Waals surface area contributed by atoms with E-state index in [0.717, 1.165) is 43.8 Å². The number of oxime groups is 1. The summed E-state index contributed by atoms with van der Waals surface area (Å²) in [5, 5.41) is 4.29. The summed E-state index contributed by atoms with van der Waals surface area (Å²) in [5.41, 5.74) is 8.55. The quantitative estimate of drug-likeness (QED) is 0.304. The van der Waals surface area contributed by atoms with Gasteiger partial charge in [0.1, 0.15) is 7.11 Å². The molecule has 32 heavy (non-hydrogen) atoms. The summed E-state index contributed by atoms with van der Waals surface area (Å²) in [7, 11) is 5.19. The molecule has 0 saturated heterocycles. The first-order chi connectivity index (χ1) is 14.2. The van der Waals surface area contributed by atoms with Gasteiger partial charge in [0.15, 0.2) is 0 Å². The molecule has 0 radical (unpaired) electrons. The van der Waals surface area contributed by atoms with Gasteiger partial charge in [0.25, 0.3) is 0 Å². The van der Waals surface area contributed by atoms with Crippen LogP contribution in [-0.2, 0) is 14.3 Å². The predicted octanol–water partition coefficient (Wildman–Crippen LogP) is 5.99. The van der Waals surface area contributed by atoms with Gasteiger partial charge in [-0.15, -0.1) is 24.0 Å². The summed E-state index contributed by atoms with van der Waals surface area (Å²) in [6, 6.07) is 0.421. The lowest BCUT2D eigenvalue weighted by Gasteiger charge is -2.62. The van der Waals surface area contributed by atoms with Gasteiger partial charge >= 0.3 is 0 Å². The SMILES string of the molecule is C.COCC[C@H]1C[C@H]2C[C@@H](C1=NOC)C2(C)C.COCC[C@H]1C[C@H]2C[C@@H]([C@@H]1N)C2(C)C.I. The first-order valence-electron chi connectivity index (χ1n) is 12.0. The molecule has 7 atom stereocenters. The van der Waals surface area contributed by atoms with Crippen LogP contribution in [0.4, 0.5) is 0 Å². The average Bonchev–Trinajstić information content (AvgIpc) is 2.72. The van der Waals surface area contributed by atoms with Gasteiger partial charge in [-0.2, -0.15) is 0 Å². The Labute approximate surface area is 215 Å². The highest BCUT2D eigenvalue weighted by Gasteiger charge is 2.57. The van der Waals surface area contributed by atoms with Crippen LogP contribution in [0.25, 0.3) is 0 Å². The third kappa shape index (κ3) is 5.65. The van der Waals surface area contributed by atoms with E-state index in [1.165, 1.54) is 31.4 Å². The summed E-state index contributed by atoms with van der Waals surface area (Å²) in [6.07, 6.45) is 7.50. The van der Waals surface area contributed by atoms with E-state index >= 15 is 0 Å². The van der Waals surface area contributed by atoms with Crippen molar-refractivity contribution < 1.29 is 14.3 Å². The van der Waals surface area contributed by atoms with Gasteiger partial charge in [-0.3, -0.25) is 0 Å². The minimum absolute atomic E-state index is 0. The summed E-state index contributed by atoms with van der Waals surface area (Å²) in [4.78, 5) is 5.03. The van der Waals surface area contributed by atoms with Crippen molar-refractivity contribution in [1.82, 2.24) is 0 Å². The van der Waals surface area contributed by atoms with Gasteiger partial charge in [0.2, 0.25) is 0 Å². The molecule has 6 heteroatoms. The van der Waals surface area contributed by atoms with Gasteiger partial charge in [-0.1, -0.05) is 40.3 Å². The summed E-state index contributed by atoms with van der Waals surface area (Å²) in [6.45, 7) is 11.2. The van der Waals surface area contributed by atoms with Crippen LogP contribution in [0.3, 0.4) is 0 Å². The number of fused-ring (bicyclic) bond motifs is 4. The van der Waals surface area contributed by atoms with E-state index in [1.807, 2.05) is 0 Å². The summed E-state index contributed by atoms with van der Waals surface area (Å²) in [5.74, 6) is 4.49. The Bertz CT molecular complexity index is 610. The molecule has 0 aliphatic heterocycles. The van der Waals surface area contributed by atoms with Crippen molar-refractivity contribution >= 4 is 29.7 Å². The number of nitrogens with two attached hydrogens (primary N) is 1. The molecule has 4 bridgehead atoms. The molecule has 6 fully saturated rings. The zero-order chi connectivity index (χ0) is 22.1. The lowest BCUT2D eigenvalue weighted by molar-refractivity contribution is -0.108. The molecule has 0 amide bonds. The van der Waals surface area contributed by atoms with Crippen molar-refractivity contribution in [3.05, 3.63) is 0 Å². The highest BCUT2D eigenvalue weighted by Crippen LogP contribution is 2.61. The maximum atomic E-state index is 6.32. The zero-order valence-corrected chi connectivity index (χ0v) is 23.2. The van der Waals surface area contributed by atoms with E-state index in [-0.39, 0.29) is 31.4 Å². The van der Waals surface area contributed by atoms with Crippen molar-refractivity contribution in [1.29, 1.82) is 0 Å². The fraction of sp³-hybridized carbons (Fsp3) is 0.962. The second-order valence-corrected chi connectivity index (χ2v) is 11.4. The van der Waals surface area contributed by atoms with Crippen molar-refractivity contribution in [3.8, 4) is 0 Å². The highest BCUT2D eigenvalue weighted by atomic mass is 127. The van der Waals surface area contributed by atoms with E-state index in [4.69, 9.17) is 20.0 Å². The Morgan fingerprint density at radius 2 is 1.47 bits per heavy atom. The van der Waals surface area contributed by atoms with E-state index in [9.17, 15) is 0 Å². The first-order valence-corrected chi connectivity index (χ1v) is 12.0. The second kappa shape index (κ2) is 12.2. The van der Waals surface area contributed by atoms with E-state index in [1.54, 1.807) is 21.3 Å². The van der Waals surface area contributed by atoms with Crippen LogP contribution >= 0.6 is 24.0 Å². The number of rotatable bonds is 7. The lowest BCUT2D eigenvalue weighted by atomic mass is 9.45. The van der Waals surface area contributed by atoms with Gasteiger partial charge < -0.3 is 20.0 Å². The molecule has 6 saturated carbocycles. The number of hydrogen-bond donors (Lipinski definition) is 1. The third-order valence-electron chi connectivity index (χ3n) is 9.52. The van der Waals surface area contributed by atoms with E-state index in [0.29, 0.717) is 34.6 Å². The van der Waals surface area contributed by atoms with Crippen LogP contribution in [0.5, 0.6) is 0 Å². The number of nitrogens with zero attached hydrogens (tertiary/aromatic N) is 1. The maximum Gasteiger partial charge on any atom is 0.106 e. The van der Waals surface area contributed by atoms with Crippen LogP contribution in [0.15, 0.2) is 5.16 Å². The zero-order valence-electron chi connectivity index (χ0n) is 20.9. The third-order valence-corrected chi connectivity index (χ3v) is 9.52. The standard InChI is InChI=1S/C13H23NO2.C12H23NO.CH4.HI/c1-13(2)10-7-9(5-6-15-3)12(14-16-4)11(13)8-10;1-12(2)9-6-8(4-5-14-3)11(13)10(12)7-9;;/h9-11H,5-8H2,1-4H3;8-11H,4-7,13H2,1-3H3;1H4;1H/t9-,10-,11-;8-,9-,10-,11+;;/m00../s1. The largest absolute Gasteiger partial charge is 0.399 e. The monoisotopic (exact) mass is 566 g/mol. The molecule has 0 aromatic heterocycles. The van der Waals surface area contributed by atoms with Crippen LogP contribution in [0.1, 0.15) is 73.6 Å².